The zero-order valence-electron chi connectivity index (χ0n) is 12.0. The van der Waals surface area contributed by atoms with E-state index < -0.39 is 52.0 Å². The Kier molecular flexibility index (Phi) is 5.28. The summed E-state index contributed by atoms with van der Waals surface area (Å²) in [6.45, 7) is -1.03. The highest BCUT2D eigenvalue weighted by Crippen LogP contribution is 2.30. The van der Waals surface area contributed by atoms with Gasteiger partial charge >= 0.3 is 0 Å². The molecule has 0 radical (unpaired) electrons. The van der Waals surface area contributed by atoms with E-state index in [1.54, 1.807) is 30.3 Å². The lowest BCUT2D eigenvalue weighted by molar-refractivity contribution is -0.481. The summed E-state index contributed by atoms with van der Waals surface area (Å²) in [5, 5.41) is 10.7. The molecule has 0 spiro atoms. The standard InChI is InChI=1S/C16H10F5NO2/c17-12-11(13(18)15(20)16(21)14(12)19)10(8-22(23)24)7-6-9-4-2-1-3-5-9/h1-7,10H,8H2/b7-6+. The Bertz CT molecular complexity index is 764. The first-order valence-corrected chi connectivity index (χ1v) is 6.69. The van der Waals surface area contributed by atoms with Crippen LogP contribution in [0.4, 0.5) is 22.0 Å². The Hall–Kier alpha value is -2.77. The Balaban J connectivity index is 2.53. The second-order valence-corrected chi connectivity index (χ2v) is 4.88. The average molecular weight is 343 g/mol. The number of nitrogens with zero attached hydrogens (tertiary/aromatic N) is 1. The highest BCUT2D eigenvalue weighted by molar-refractivity contribution is 5.51. The van der Waals surface area contributed by atoms with Gasteiger partial charge in [-0.2, -0.15) is 0 Å². The molecule has 1 atom stereocenters. The lowest BCUT2D eigenvalue weighted by atomic mass is 9.95. The zero-order chi connectivity index (χ0) is 17.9. The third-order valence-corrected chi connectivity index (χ3v) is 3.28. The van der Waals surface area contributed by atoms with Crippen molar-refractivity contribution in [1.29, 1.82) is 0 Å². The molecule has 0 aliphatic carbocycles. The van der Waals surface area contributed by atoms with Gasteiger partial charge in [0.15, 0.2) is 23.3 Å². The minimum atomic E-state index is -2.30. The summed E-state index contributed by atoms with van der Waals surface area (Å²) >= 11 is 0. The Morgan fingerprint density at radius 3 is 1.92 bits per heavy atom. The third kappa shape index (κ3) is 3.58. The summed E-state index contributed by atoms with van der Waals surface area (Å²) in [7, 11) is 0. The molecule has 0 fully saturated rings. The molecule has 0 saturated carbocycles. The molecule has 0 amide bonds. The predicted molar refractivity (Wildman–Crippen MR) is 76.3 cm³/mol. The van der Waals surface area contributed by atoms with Gasteiger partial charge in [-0.1, -0.05) is 42.5 Å². The average Bonchev–Trinajstić information content (AvgIpc) is 2.56. The van der Waals surface area contributed by atoms with Crippen molar-refractivity contribution >= 4 is 6.08 Å². The molecule has 0 aliphatic heterocycles. The van der Waals surface area contributed by atoms with Crippen LogP contribution in [0.3, 0.4) is 0 Å². The van der Waals surface area contributed by atoms with Gasteiger partial charge in [0, 0.05) is 10.5 Å². The van der Waals surface area contributed by atoms with Crippen LogP contribution in [0.5, 0.6) is 0 Å². The maximum atomic E-state index is 13.9. The molecule has 0 saturated heterocycles. The van der Waals surface area contributed by atoms with E-state index in [1.807, 2.05) is 0 Å². The molecule has 126 valence electrons. The molecule has 0 heterocycles. The molecule has 0 N–H and O–H groups in total. The van der Waals surface area contributed by atoms with Crippen molar-refractivity contribution in [2.75, 3.05) is 6.54 Å². The molecule has 3 nitrogen and oxygen atoms in total. The number of nitro groups is 1. The Morgan fingerprint density at radius 2 is 1.42 bits per heavy atom. The quantitative estimate of drug-likeness (QED) is 0.265. The van der Waals surface area contributed by atoms with Gasteiger partial charge in [-0.25, -0.2) is 22.0 Å². The minimum Gasteiger partial charge on any atom is -0.265 e. The van der Waals surface area contributed by atoms with Crippen LogP contribution in [0.25, 0.3) is 6.08 Å². The van der Waals surface area contributed by atoms with Crippen molar-refractivity contribution in [2.24, 2.45) is 0 Å². The van der Waals surface area contributed by atoms with Gasteiger partial charge in [0.2, 0.25) is 12.4 Å². The van der Waals surface area contributed by atoms with E-state index in [0.29, 0.717) is 5.56 Å². The molecule has 0 aliphatic rings. The summed E-state index contributed by atoms with van der Waals surface area (Å²) < 4.78 is 67.4. The Labute approximate surface area is 133 Å². The third-order valence-electron chi connectivity index (χ3n) is 3.28. The first kappa shape index (κ1) is 17.6. The van der Waals surface area contributed by atoms with Gasteiger partial charge < -0.3 is 0 Å². The van der Waals surface area contributed by atoms with E-state index in [0.717, 1.165) is 6.08 Å². The van der Waals surface area contributed by atoms with Crippen LogP contribution in [0.1, 0.15) is 17.0 Å². The fourth-order valence-electron chi connectivity index (χ4n) is 2.15. The maximum absolute atomic E-state index is 13.9. The van der Waals surface area contributed by atoms with Crippen LogP contribution in [0.15, 0.2) is 36.4 Å². The van der Waals surface area contributed by atoms with E-state index in [1.165, 1.54) is 6.08 Å². The Morgan fingerprint density at radius 1 is 0.917 bits per heavy atom. The van der Waals surface area contributed by atoms with Crippen LogP contribution < -0.4 is 0 Å². The molecular formula is C16H10F5NO2. The van der Waals surface area contributed by atoms with Crippen molar-refractivity contribution in [3.8, 4) is 0 Å². The highest BCUT2D eigenvalue weighted by atomic mass is 19.2. The summed E-state index contributed by atoms with van der Waals surface area (Å²) in [6.07, 6.45) is 2.35. The normalized spacial score (nSPS) is 12.5. The molecule has 2 rings (SSSR count). The van der Waals surface area contributed by atoms with Crippen LogP contribution >= 0.6 is 0 Å². The summed E-state index contributed by atoms with van der Waals surface area (Å²) in [5.74, 6) is -12.3. The van der Waals surface area contributed by atoms with Gasteiger partial charge in [0.05, 0.1) is 5.92 Å². The van der Waals surface area contributed by atoms with Gasteiger partial charge in [0.1, 0.15) is 0 Å². The van der Waals surface area contributed by atoms with Crippen LogP contribution in [0.2, 0.25) is 0 Å². The molecule has 0 bridgehead atoms. The van der Waals surface area contributed by atoms with E-state index in [9.17, 15) is 32.1 Å². The molecule has 0 aromatic heterocycles. The molecule has 24 heavy (non-hydrogen) atoms. The fraction of sp³-hybridized carbons (Fsp3) is 0.125. The largest absolute Gasteiger partial charge is 0.265 e. The summed E-state index contributed by atoms with van der Waals surface area (Å²) in [6, 6.07) is 8.23. The van der Waals surface area contributed by atoms with Gasteiger partial charge in [-0.05, 0) is 5.56 Å². The van der Waals surface area contributed by atoms with Gasteiger partial charge in [-0.3, -0.25) is 10.1 Å². The monoisotopic (exact) mass is 343 g/mol. The van der Waals surface area contributed by atoms with Crippen LogP contribution in [-0.2, 0) is 0 Å². The molecule has 1 unspecified atom stereocenters. The van der Waals surface area contributed by atoms with Crippen molar-refractivity contribution in [1.82, 2.24) is 0 Å². The first-order valence-electron chi connectivity index (χ1n) is 6.69. The number of halogens is 5. The lowest BCUT2D eigenvalue weighted by Crippen LogP contribution is -2.17. The predicted octanol–water partition coefficient (Wildman–Crippen LogP) is 4.46. The second kappa shape index (κ2) is 7.20. The highest BCUT2D eigenvalue weighted by Gasteiger charge is 2.31. The van der Waals surface area contributed by atoms with Gasteiger partial charge in [0.25, 0.3) is 0 Å². The van der Waals surface area contributed by atoms with Crippen molar-refractivity contribution in [2.45, 2.75) is 5.92 Å². The second-order valence-electron chi connectivity index (χ2n) is 4.88. The minimum absolute atomic E-state index is 0.551. The topological polar surface area (TPSA) is 43.1 Å². The number of benzene rings is 2. The fourth-order valence-corrected chi connectivity index (χ4v) is 2.15. The van der Waals surface area contributed by atoms with E-state index in [-0.39, 0.29) is 0 Å². The number of hydrogen-bond acceptors (Lipinski definition) is 2. The van der Waals surface area contributed by atoms with Gasteiger partial charge in [-0.15, -0.1) is 0 Å². The summed E-state index contributed by atoms with van der Waals surface area (Å²) in [4.78, 5) is 9.83. The molecule has 8 heteroatoms. The van der Waals surface area contributed by atoms with E-state index >= 15 is 0 Å². The maximum Gasteiger partial charge on any atom is 0.214 e. The van der Waals surface area contributed by atoms with Crippen molar-refractivity contribution < 1.29 is 26.9 Å². The van der Waals surface area contributed by atoms with Crippen LogP contribution in [-0.4, -0.2) is 11.5 Å². The van der Waals surface area contributed by atoms with Crippen molar-refractivity contribution in [3.63, 3.8) is 0 Å². The van der Waals surface area contributed by atoms with Crippen LogP contribution in [0, 0.1) is 39.2 Å². The zero-order valence-corrected chi connectivity index (χ0v) is 12.0. The molecule has 2 aromatic rings. The lowest BCUT2D eigenvalue weighted by Gasteiger charge is -2.13. The summed E-state index contributed by atoms with van der Waals surface area (Å²) in [5.41, 5.74) is -0.676. The first-order chi connectivity index (χ1) is 11.3. The molecular weight excluding hydrogens is 333 g/mol. The van der Waals surface area contributed by atoms with E-state index in [2.05, 4.69) is 0 Å². The van der Waals surface area contributed by atoms with E-state index in [4.69, 9.17) is 0 Å². The number of rotatable bonds is 5. The number of hydrogen-bond donors (Lipinski definition) is 0. The van der Waals surface area contributed by atoms with Crippen molar-refractivity contribution in [3.05, 3.63) is 86.7 Å². The molecule has 2 aromatic carbocycles. The smallest absolute Gasteiger partial charge is 0.214 e. The SMILES string of the molecule is O=[N+]([O-])CC(/C=C/c1ccccc1)c1c(F)c(F)c(F)c(F)c1F.